The third kappa shape index (κ3) is 5.90. The first-order chi connectivity index (χ1) is 11.8. The van der Waals surface area contributed by atoms with Crippen molar-refractivity contribution in [2.24, 2.45) is 0 Å². The van der Waals surface area contributed by atoms with Crippen LogP contribution in [0.4, 0.5) is 0 Å². The molecule has 0 saturated heterocycles. The average molecular weight is 346 g/mol. The molecule has 1 amide bonds. The number of para-hydroxylation sites is 1. The zero-order valence-electron chi connectivity index (χ0n) is 15.0. The van der Waals surface area contributed by atoms with E-state index in [9.17, 15) is 14.7 Å². The molecule has 0 aliphatic rings. The standard InChI is InChI=1S/C19H26N2O4/c1-19(2,3)25-13-10-15(18(23)24)20-17(22)9-12-21-11-8-14-6-4-5-7-16(14)21/h4-8,11,15H,9-10,12-13H2,1-3H3,(H,20,22)(H,23,24). The average Bonchev–Trinajstić information content (AvgIpc) is 2.94. The second-order valence-electron chi connectivity index (χ2n) is 7.03. The zero-order chi connectivity index (χ0) is 18.4. The number of carboxylic acid groups (broad SMARTS) is 1. The van der Waals surface area contributed by atoms with Gasteiger partial charge in [0.25, 0.3) is 0 Å². The molecular weight excluding hydrogens is 320 g/mol. The number of nitrogens with one attached hydrogen (secondary N) is 1. The van der Waals surface area contributed by atoms with E-state index < -0.39 is 12.0 Å². The molecule has 0 bridgehead atoms. The first-order valence-corrected chi connectivity index (χ1v) is 8.46. The van der Waals surface area contributed by atoms with Crippen LogP contribution in [-0.2, 0) is 20.9 Å². The van der Waals surface area contributed by atoms with Gasteiger partial charge in [-0.15, -0.1) is 0 Å². The molecule has 0 fully saturated rings. The van der Waals surface area contributed by atoms with Gasteiger partial charge in [-0.2, -0.15) is 0 Å². The first-order valence-electron chi connectivity index (χ1n) is 8.46. The first kappa shape index (κ1) is 19.0. The number of aromatic nitrogens is 1. The summed E-state index contributed by atoms with van der Waals surface area (Å²) in [6.45, 7) is 6.50. The minimum atomic E-state index is -1.04. The van der Waals surface area contributed by atoms with Gasteiger partial charge in [0.15, 0.2) is 0 Å². The number of aryl methyl sites for hydroxylation is 1. The lowest BCUT2D eigenvalue weighted by Gasteiger charge is -2.21. The van der Waals surface area contributed by atoms with Gasteiger partial charge in [0.1, 0.15) is 6.04 Å². The van der Waals surface area contributed by atoms with Crippen molar-refractivity contribution in [2.45, 2.75) is 51.8 Å². The lowest BCUT2D eigenvalue weighted by Crippen LogP contribution is -2.42. The van der Waals surface area contributed by atoms with Gasteiger partial charge in [0.05, 0.1) is 5.60 Å². The Morgan fingerprint density at radius 2 is 1.96 bits per heavy atom. The van der Waals surface area contributed by atoms with Gasteiger partial charge in [-0.3, -0.25) is 4.79 Å². The SMILES string of the molecule is CC(C)(C)OCCC(NC(=O)CCn1ccc2ccccc21)C(=O)O. The van der Waals surface area contributed by atoms with Crippen LogP contribution >= 0.6 is 0 Å². The van der Waals surface area contributed by atoms with Crippen LogP contribution in [0.3, 0.4) is 0 Å². The van der Waals surface area contributed by atoms with Gasteiger partial charge in [-0.25, -0.2) is 4.79 Å². The normalized spacial score (nSPS) is 12.9. The molecule has 25 heavy (non-hydrogen) atoms. The van der Waals surface area contributed by atoms with Crippen LogP contribution in [0.25, 0.3) is 10.9 Å². The lowest BCUT2D eigenvalue weighted by atomic mass is 10.1. The summed E-state index contributed by atoms with van der Waals surface area (Å²) in [4.78, 5) is 23.4. The lowest BCUT2D eigenvalue weighted by molar-refractivity contribution is -0.142. The van der Waals surface area contributed by atoms with Crippen molar-refractivity contribution in [1.29, 1.82) is 0 Å². The fourth-order valence-electron chi connectivity index (χ4n) is 2.56. The highest BCUT2D eigenvalue weighted by Crippen LogP contribution is 2.15. The van der Waals surface area contributed by atoms with E-state index in [0.717, 1.165) is 10.9 Å². The monoisotopic (exact) mass is 346 g/mol. The van der Waals surface area contributed by atoms with Crippen LogP contribution in [-0.4, -0.2) is 39.8 Å². The summed E-state index contributed by atoms with van der Waals surface area (Å²) in [7, 11) is 0. The van der Waals surface area contributed by atoms with Crippen LogP contribution in [0.2, 0.25) is 0 Å². The topological polar surface area (TPSA) is 80.6 Å². The predicted molar refractivity (Wildman–Crippen MR) is 96.4 cm³/mol. The molecule has 6 nitrogen and oxygen atoms in total. The van der Waals surface area contributed by atoms with Crippen molar-refractivity contribution in [3.63, 3.8) is 0 Å². The maximum atomic E-state index is 12.1. The number of hydrogen-bond acceptors (Lipinski definition) is 3. The Bertz CT molecular complexity index is 730. The Hall–Kier alpha value is -2.34. The molecule has 1 atom stereocenters. The summed E-state index contributed by atoms with van der Waals surface area (Å²) in [6.07, 6.45) is 2.40. The van der Waals surface area contributed by atoms with E-state index in [2.05, 4.69) is 5.32 Å². The number of carboxylic acids is 1. The van der Waals surface area contributed by atoms with E-state index in [-0.39, 0.29) is 31.0 Å². The highest BCUT2D eigenvalue weighted by Gasteiger charge is 2.21. The van der Waals surface area contributed by atoms with Crippen LogP contribution in [0.5, 0.6) is 0 Å². The Balaban J connectivity index is 1.85. The fraction of sp³-hybridized carbons (Fsp3) is 0.474. The molecule has 0 radical (unpaired) electrons. The Labute approximate surface area is 147 Å². The van der Waals surface area contributed by atoms with Crippen molar-refractivity contribution < 1.29 is 19.4 Å². The highest BCUT2D eigenvalue weighted by atomic mass is 16.5. The molecule has 136 valence electrons. The molecule has 1 aromatic heterocycles. The van der Waals surface area contributed by atoms with Crippen molar-refractivity contribution in [3.8, 4) is 0 Å². The van der Waals surface area contributed by atoms with Gasteiger partial charge in [-0.05, 0) is 38.3 Å². The number of ether oxygens (including phenoxy) is 1. The van der Waals surface area contributed by atoms with E-state index in [1.165, 1.54) is 0 Å². The summed E-state index contributed by atoms with van der Waals surface area (Å²) >= 11 is 0. The van der Waals surface area contributed by atoms with Gasteiger partial charge >= 0.3 is 5.97 Å². The molecule has 2 N–H and O–H groups in total. The summed E-state index contributed by atoms with van der Waals surface area (Å²) in [5.74, 6) is -1.32. The maximum absolute atomic E-state index is 12.1. The van der Waals surface area contributed by atoms with E-state index >= 15 is 0 Å². The van der Waals surface area contributed by atoms with E-state index in [0.29, 0.717) is 6.54 Å². The van der Waals surface area contributed by atoms with Gasteiger partial charge in [0.2, 0.25) is 5.91 Å². The smallest absolute Gasteiger partial charge is 0.326 e. The Morgan fingerprint density at radius 3 is 2.64 bits per heavy atom. The highest BCUT2D eigenvalue weighted by molar-refractivity contribution is 5.84. The maximum Gasteiger partial charge on any atom is 0.326 e. The summed E-state index contributed by atoms with van der Waals surface area (Å²) in [5.41, 5.74) is 0.728. The van der Waals surface area contributed by atoms with Crippen molar-refractivity contribution in [3.05, 3.63) is 36.5 Å². The van der Waals surface area contributed by atoms with E-state index in [1.54, 1.807) is 0 Å². The van der Waals surface area contributed by atoms with Crippen LogP contribution in [0.15, 0.2) is 36.5 Å². The number of hydrogen-bond donors (Lipinski definition) is 2. The number of fused-ring (bicyclic) bond motifs is 1. The molecule has 1 unspecified atom stereocenters. The molecule has 0 aliphatic heterocycles. The number of rotatable bonds is 8. The predicted octanol–water partition coefficient (Wildman–Crippen LogP) is 2.81. The second kappa shape index (κ2) is 8.16. The number of nitrogens with zero attached hydrogens (tertiary/aromatic N) is 1. The van der Waals surface area contributed by atoms with Crippen molar-refractivity contribution in [2.75, 3.05) is 6.61 Å². The summed E-state index contributed by atoms with van der Waals surface area (Å²) in [6, 6.07) is 9.00. The summed E-state index contributed by atoms with van der Waals surface area (Å²) < 4.78 is 7.53. The molecule has 0 saturated carbocycles. The molecule has 0 spiro atoms. The van der Waals surface area contributed by atoms with Crippen molar-refractivity contribution in [1.82, 2.24) is 9.88 Å². The van der Waals surface area contributed by atoms with Gasteiger partial charge < -0.3 is 19.7 Å². The third-order valence-electron chi connectivity index (χ3n) is 3.83. The molecule has 1 heterocycles. The number of aliphatic carboxylic acids is 1. The molecule has 6 heteroatoms. The molecule has 0 aliphatic carbocycles. The Kier molecular flexibility index (Phi) is 6.20. The van der Waals surface area contributed by atoms with Gasteiger partial charge in [-0.1, -0.05) is 18.2 Å². The third-order valence-corrected chi connectivity index (χ3v) is 3.83. The quantitative estimate of drug-likeness (QED) is 0.770. The molecule has 1 aromatic carbocycles. The fourth-order valence-corrected chi connectivity index (χ4v) is 2.56. The molecule has 2 rings (SSSR count). The van der Waals surface area contributed by atoms with Crippen LogP contribution in [0.1, 0.15) is 33.6 Å². The van der Waals surface area contributed by atoms with Crippen molar-refractivity contribution >= 4 is 22.8 Å². The largest absolute Gasteiger partial charge is 0.480 e. The zero-order valence-corrected chi connectivity index (χ0v) is 15.0. The molecular formula is C19H26N2O4. The number of carbonyl (C=O) groups excluding carboxylic acids is 1. The number of amides is 1. The Morgan fingerprint density at radius 1 is 1.24 bits per heavy atom. The molecule has 2 aromatic rings. The minimum absolute atomic E-state index is 0.225. The minimum Gasteiger partial charge on any atom is -0.480 e. The van der Waals surface area contributed by atoms with Gasteiger partial charge in [0, 0.05) is 37.7 Å². The van der Waals surface area contributed by atoms with E-state index in [4.69, 9.17) is 4.74 Å². The second-order valence-corrected chi connectivity index (χ2v) is 7.03. The summed E-state index contributed by atoms with van der Waals surface area (Å²) in [5, 5.41) is 13.0. The number of carbonyl (C=O) groups is 2. The number of benzene rings is 1. The van der Waals surface area contributed by atoms with E-state index in [1.807, 2.05) is 61.9 Å². The van der Waals surface area contributed by atoms with Crippen LogP contribution in [0, 0.1) is 0 Å². The van der Waals surface area contributed by atoms with Crippen LogP contribution < -0.4 is 5.32 Å².